The Morgan fingerprint density at radius 1 is 0.613 bits per heavy atom. The fourth-order valence-electron chi connectivity index (χ4n) is 7.57. The fraction of sp³-hybridized carbons (Fsp3) is 0.806. The lowest BCUT2D eigenvalue weighted by Gasteiger charge is -2.43. The first-order valence-electron chi connectivity index (χ1n) is 14.3. The summed E-state index contributed by atoms with van der Waals surface area (Å²) in [6.45, 7) is 4.63. The summed E-state index contributed by atoms with van der Waals surface area (Å²) in [7, 11) is 0. The third-order valence-electron chi connectivity index (χ3n) is 9.63. The Labute approximate surface area is 194 Å². The Morgan fingerprint density at radius 2 is 1.23 bits per heavy atom. The molecule has 3 aliphatic rings. The first kappa shape index (κ1) is 23.4. The van der Waals surface area contributed by atoms with Crippen LogP contribution < -0.4 is 0 Å². The minimum atomic E-state index is 0.844. The second kappa shape index (κ2) is 11.9. The molecule has 0 heteroatoms. The van der Waals surface area contributed by atoms with E-state index in [0.717, 1.165) is 35.5 Å². The van der Waals surface area contributed by atoms with E-state index in [4.69, 9.17) is 0 Å². The molecule has 3 fully saturated rings. The highest BCUT2D eigenvalue weighted by atomic mass is 14.4. The average Bonchev–Trinajstić information content (AvgIpc) is 2.82. The first-order valence-corrected chi connectivity index (χ1v) is 14.3. The van der Waals surface area contributed by atoms with Crippen LogP contribution in [0.1, 0.15) is 134 Å². The van der Waals surface area contributed by atoms with Gasteiger partial charge in [0.1, 0.15) is 0 Å². The molecule has 0 amide bonds. The molecule has 0 saturated heterocycles. The number of hydrogen-bond donors (Lipinski definition) is 0. The lowest BCUT2D eigenvalue weighted by atomic mass is 9.63. The second-order valence-corrected chi connectivity index (χ2v) is 11.8. The van der Waals surface area contributed by atoms with Crippen molar-refractivity contribution in [2.45, 2.75) is 129 Å². The second-order valence-electron chi connectivity index (χ2n) is 11.8. The lowest BCUT2D eigenvalue weighted by Crippen LogP contribution is -2.30. The average molecular weight is 423 g/mol. The molecule has 0 spiro atoms. The molecule has 3 aliphatic carbocycles. The third-order valence-corrected chi connectivity index (χ3v) is 9.63. The zero-order valence-corrected chi connectivity index (χ0v) is 20.8. The summed E-state index contributed by atoms with van der Waals surface area (Å²) in [5.41, 5.74) is 3.16. The maximum absolute atomic E-state index is 2.46. The van der Waals surface area contributed by atoms with Crippen LogP contribution in [-0.4, -0.2) is 0 Å². The molecular weight excluding hydrogens is 372 g/mol. The Kier molecular flexibility index (Phi) is 8.98. The molecule has 174 valence electrons. The van der Waals surface area contributed by atoms with E-state index >= 15 is 0 Å². The largest absolute Gasteiger partial charge is 0.0654 e. The van der Waals surface area contributed by atoms with Gasteiger partial charge in [0.25, 0.3) is 0 Å². The maximum Gasteiger partial charge on any atom is -0.0159 e. The number of aryl methyl sites for hydroxylation is 1. The van der Waals surface area contributed by atoms with Crippen LogP contribution in [0, 0.1) is 29.6 Å². The van der Waals surface area contributed by atoms with Crippen LogP contribution in [0.5, 0.6) is 0 Å². The number of fused-ring (bicyclic) bond motifs is 1. The van der Waals surface area contributed by atoms with E-state index in [1.165, 1.54) is 69.8 Å². The summed E-state index contributed by atoms with van der Waals surface area (Å²) in [6.07, 6.45) is 25.2. The highest BCUT2D eigenvalue weighted by Gasteiger charge is 2.36. The third kappa shape index (κ3) is 6.61. The SMILES string of the molecule is CCCCC1CCC(CCC2CCC3CC(c4ccc(CCC)cc4)CCC3C2)CC1. The van der Waals surface area contributed by atoms with Crippen LogP contribution in [0.3, 0.4) is 0 Å². The molecule has 0 N–H and O–H groups in total. The van der Waals surface area contributed by atoms with Crippen molar-refractivity contribution in [2.24, 2.45) is 29.6 Å². The van der Waals surface area contributed by atoms with Crippen LogP contribution in [-0.2, 0) is 6.42 Å². The monoisotopic (exact) mass is 422 g/mol. The highest BCUT2D eigenvalue weighted by molar-refractivity contribution is 5.26. The molecule has 0 nitrogen and oxygen atoms in total. The van der Waals surface area contributed by atoms with Gasteiger partial charge < -0.3 is 0 Å². The molecule has 4 rings (SSSR count). The smallest absolute Gasteiger partial charge is 0.0159 e. The van der Waals surface area contributed by atoms with Crippen LogP contribution in [0.4, 0.5) is 0 Å². The van der Waals surface area contributed by atoms with Crippen molar-refractivity contribution in [1.82, 2.24) is 0 Å². The fourth-order valence-corrected chi connectivity index (χ4v) is 7.57. The molecule has 0 bridgehead atoms. The standard InChI is InChI=1S/C31H50/c1-3-5-7-25-8-10-26(11-9-25)12-13-27-16-19-31-23-30(21-20-29(31)22-27)28-17-14-24(6-4-2)15-18-28/h14-15,17-18,25-27,29-31H,3-13,16,19-23H2,1-2H3. The molecule has 4 unspecified atom stereocenters. The summed E-state index contributed by atoms with van der Waals surface area (Å²) in [5, 5.41) is 0. The van der Waals surface area contributed by atoms with Gasteiger partial charge in [-0.3, -0.25) is 0 Å². The molecule has 0 radical (unpaired) electrons. The van der Waals surface area contributed by atoms with Crippen molar-refractivity contribution in [2.75, 3.05) is 0 Å². The van der Waals surface area contributed by atoms with Crippen LogP contribution in [0.2, 0.25) is 0 Å². The van der Waals surface area contributed by atoms with Crippen LogP contribution in [0.15, 0.2) is 24.3 Å². The molecule has 0 aliphatic heterocycles. The first-order chi connectivity index (χ1) is 15.2. The van der Waals surface area contributed by atoms with E-state index in [1.54, 1.807) is 50.5 Å². The van der Waals surface area contributed by atoms with Crippen molar-refractivity contribution in [1.29, 1.82) is 0 Å². The maximum atomic E-state index is 2.46. The molecule has 3 saturated carbocycles. The van der Waals surface area contributed by atoms with Crippen molar-refractivity contribution >= 4 is 0 Å². The van der Waals surface area contributed by atoms with Crippen molar-refractivity contribution in [3.05, 3.63) is 35.4 Å². The van der Waals surface area contributed by atoms with E-state index in [-0.39, 0.29) is 0 Å². The van der Waals surface area contributed by atoms with Gasteiger partial charge >= 0.3 is 0 Å². The molecule has 1 aromatic carbocycles. The summed E-state index contributed by atoms with van der Waals surface area (Å²) in [5.74, 6) is 6.13. The van der Waals surface area contributed by atoms with Gasteiger partial charge in [-0.15, -0.1) is 0 Å². The molecule has 4 atom stereocenters. The van der Waals surface area contributed by atoms with Crippen LogP contribution in [0.25, 0.3) is 0 Å². The minimum absolute atomic E-state index is 0.844. The van der Waals surface area contributed by atoms with Crippen molar-refractivity contribution in [3.8, 4) is 0 Å². The van der Waals surface area contributed by atoms with Gasteiger partial charge in [0, 0.05) is 0 Å². The van der Waals surface area contributed by atoms with E-state index in [0.29, 0.717) is 0 Å². The van der Waals surface area contributed by atoms with Gasteiger partial charge in [-0.2, -0.15) is 0 Å². The van der Waals surface area contributed by atoms with Gasteiger partial charge in [-0.05, 0) is 85.2 Å². The number of unbranched alkanes of at least 4 members (excludes halogenated alkanes) is 1. The molecule has 0 aromatic heterocycles. The van der Waals surface area contributed by atoms with Crippen LogP contribution >= 0.6 is 0 Å². The topological polar surface area (TPSA) is 0 Å². The Morgan fingerprint density at radius 3 is 1.94 bits per heavy atom. The number of rotatable bonds is 9. The number of benzene rings is 1. The quantitative estimate of drug-likeness (QED) is 0.371. The molecule has 31 heavy (non-hydrogen) atoms. The zero-order chi connectivity index (χ0) is 21.5. The van der Waals surface area contributed by atoms with Crippen molar-refractivity contribution in [3.63, 3.8) is 0 Å². The summed E-state index contributed by atoms with van der Waals surface area (Å²) in [6, 6.07) is 9.72. The van der Waals surface area contributed by atoms with E-state index in [2.05, 4.69) is 38.1 Å². The molecule has 0 heterocycles. The van der Waals surface area contributed by atoms with E-state index < -0.39 is 0 Å². The normalized spacial score (nSPS) is 33.7. The van der Waals surface area contributed by atoms with Crippen molar-refractivity contribution < 1.29 is 0 Å². The van der Waals surface area contributed by atoms with E-state index in [9.17, 15) is 0 Å². The highest BCUT2D eigenvalue weighted by Crippen LogP contribution is 2.49. The van der Waals surface area contributed by atoms with Gasteiger partial charge in [0.05, 0.1) is 0 Å². The zero-order valence-electron chi connectivity index (χ0n) is 20.8. The summed E-state index contributed by atoms with van der Waals surface area (Å²) >= 11 is 0. The Balaban J connectivity index is 1.17. The van der Waals surface area contributed by atoms with Gasteiger partial charge in [-0.1, -0.05) is 109 Å². The minimum Gasteiger partial charge on any atom is -0.0654 e. The predicted octanol–water partition coefficient (Wildman–Crippen LogP) is 9.72. The summed E-state index contributed by atoms with van der Waals surface area (Å²) < 4.78 is 0. The summed E-state index contributed by atoms with van der Waals surface area (Å²) in [4.78, 5) is 0. The Hall–Kier alpha value is -0.780. The van der Waals surface area contributed by atoms with E-state index in [1.807, 2.05) is 0 Å². The van der Waals surface area contributed by atoms with Gasteiger partial charge in [-0.25, -0.2) is 0 Å². The lowest BCUT2D eigenvalue weighted by molar-refractivity contribution is 0.108. The Bertz CT molecular complexity index is 620. The predicted molar refractivity (Wildman–Crippen MR) is 136 cm³/mol. The number of hydrogen-bond acceptors (Lipinski definition) is 0. The molecular formula is C31H50. The molecule has 1 aromatic rings. The van der Waals surface area contributed by atoms with Gasteiger partial charge in [0.15, 0.2) is 0 Å². The van der Waals surface area contributed by atoms with Gasteiger partial charge in [0.2, 0.25) is 0 Å².